The van der Waals surface area contributed by atoms with Gasteiger partial charge in [0.1, 0.15) is 11.6 Å². The van der Waals surface area contributed by atoms with E-state index in [4.69, 9.17) is 0 Å². The van der Waals surface area contributed by atoms with Crippen LogP contribution in [0.1, 0.15) is 28.8 Å². The molecule has 32 heavy (non-hydrogen) atoms. The van der Waals surface area contributed by atoms with Gasteiger partial charge in [0, 0.05) is 37.1 Å². The fraction of sp³-hybridized carbons (Fsp3) is 0.217. The van der Waals surface area contributed by atoms with Gasteiger partial charge in [-0.15, -0.1) is 0 Å². The summed E-state index contributed by atoms with van der Waals surface area (Å²) >= 11 is 0. The van der Waals surface area contributed by atoms with Crippen LogP contribution in [0.2, 0.25) is 0 Å². The summed E-state index contributed by atoms with van der Waals surface area (Å²) in [5.74, 6) is 0.142. The fourth-order valence-corrected chi connectivity index (χ4v) is 4.55. The highest BCUT2D eigenvalue weighted by Gasteiger charge is 2.16. The van der Waals surface area contributed by atoms with Crippen molar-refractivity contribution in [3.05, 3.63) is 83.8 Å². The Labute approximate surface area is 186 Å². The zero-order valence-electron chi connectivity index (χ0n) is 17.3. The van der Waals surface area contributed by atoms with Gasteiger partial charge in [0.25, 0.3) is 15.9 Å². The van der Waals surface area contributed by atoms with Gasteiger partial charge in [-0.25, -0.2) is 17.8 Å². The van der Waals surface area contributed by atoms with E-state index in [1.165, 1.54) is 37.1 Å². The van der Waals surface area contributed by atoms with Crippen molar-refractivity contribution in [2.24, 2.45) is 0 Å². The molecule has 4 rings (SSSR count). The van der Waals surface area contributed by atoms with Crippen LogP contribution in [-0.2, 0) is 16.6 Å². The maximum absolute atomic E-state index is 13.0. The van der Waals surface area contributed by atoms with E-state index in [-0.39, 0.29) is 10.8 Å². The van der Waals surface area contributed by atoms with Crippen LogP contribution in [0.5, 0.6) is 0 Å². The first-order chi connectivity index (χ1) is 15.4. The maximum atomic E-state index is 13.0. The summed E-state index contributed by atoms with van der Waals surface area (Å²) in [4.78, 5) is 19.1. The number of nitrogens with one attached hydrogen (secondary N) is 2. The van der Waals surface area contributed by atoms with Crippen LogP contribution < -0.4 is 14.9 Å². The average molecular weight is 455 g/mol. The first-order valence-electron chi connectivity index (χ1n) is 10.3. The van der Waals surface area contributed by atoms with Crippen molar-refractivity contribution in [2.75, 3.05) is 22.7 Å². The van der Waals surface area contributed by atoms with Crippen LogP contribution in [0.3, 0.4) is 0 Å². The second-order valence-corrected chi connectivity index (χ2v) is 9.22. The minimum atomic E-state index is -3.85. The summed E-state index contributed by atoms with van der Waals surface area (Å²) in [6, 6.07) is 14.5. The number of amides is 1. The highest BCUT2D eigenvalue weighted by atomic mass is 32.2. The van der Waals surface area contributed by atoms with Gasteiger partial charge < -0.3 is 10.2 Å². The number of halogens is 1. The number of aromatic nitrogens is 1. The largest absolute Gasteiger partial charge is 0.357 e. The summed E-state index contributed by atoms with van der Waals surface area (Å²) in [5.41, 5.74) is 1.66. The van der Waals surface area contributed by atoms with Crippen molar-refractivity contribution in [1.29, 1.82) is 0 Å². The number of sulfonamides is 1. The number of hydrogen-bond donors (Lipinski definition) is 2. The number of pyridine rings is 1. The molecule has 1 aromatic heterocycles. The van der Waals surface area contributed by atoms with Crippen LogP contribution in [-0.4, -0.2) is 32.4 Å². The number of benzene rings is 2. The van der Waals surface area contributed by atoms with Gasteiger partial charge in [0.15, 0.2) is 0 Å². The Morgan fingerprint density at radius 3 is 2.38 bits per heavy atom. The topological polar surface area (TPSA) is 91.4 Å². The molecule has 0 unspecified atom stereocenters. The summed E-state index contributed by atoms with van der Waals surface area (Å²) in [6.45, 7) is 2.36. The zero-order chi connectivity index (χ0) is 22.6. The molecule has 1 saturated heterocycles. The lowest BCUT2D eigenvalue weighted by Crippen LogP contribution is -2.23. The summed E-state index contributed by atoms with van der Waals surface area (Å²) in [7, 11) is -3.85. The van der Waals surface area contributed by atoms with Gasteiger partial charge >= 0.3 is 0 Å². The van der Waals surface area contributed by atoms with E-state index in [1.54, 1.807) is 18.3 Å². The van der Waals surface area contributed by atoms with Crippen molar-refractivity contribution >= 4 is 27.4 Å². The zero-order valence-corrected chi connectivity index (χ0v) is 18.1. The van der Waals surface area contributed by atoms with Crippen LogP contribution in [0.15, 0.2) is 71.8 Å². The Bertz CT molecular complexity index is 1190. The van der Waals surface area contributed by atoms with Gasteiger partial charge in [-0.1, -0.05) is 0 Å². The van der Waals surface area contributed by atoms with Crippen molar-refractivity contribution in [3.8, 4) is 0 Å². The molecule has 0 spiro atoms. The molecule has 0 aliphatic carbocycles. The Morgan fingerprint density at radius 2 is 1.69 bits per heavy atom. The molecular formula is C23H23FN4O3S. The Hall–Kier alpha value is -3.46. The lowest BCUT2D eigenvalue weighted by Gasteiger charge is -2.17. The monoisotopic (exact) mass is 454 g/mol. The number of hydrogen-bond acceptors (Lipinski definition) is 5. The molecule has 1 aliphatic heterocycles. The van der Waals surface area contributed by atoms with Crippen molar-refractivity contribution in [2.45, 2.75) is 24.3 Å². The Balaban J connectivity index is 1.36. The van der Waals surface area contributed by atoms with Gasteiger partial charge in [0.2, 0.25) is 0 Å². The summed E-state index contributed by atoms with van der Waals surface area (Å²) < 4.78 is 40.2. The van der Waals surface area contributed by atoms with E-state index in [2.05, 4.69) is 19.9 Å². The van der Waals surface area contributed by atoms with Crippen LogP contribution in [0, 0.1) is 5.82 Å². The molecule has 7 nitrogen and oxygen atoms in total. The molecule has 166 valence electrons. The van der Waals surface area contributed by atoms with E-state index in [0.29, 0.717) is 17.8 Å². The molecule has 9 heteroatoms. The number of carbonyl (C=O) groups is 1. The minimum Gasteiger partial charge on any atom is -0.357 e. The quantitative estimate of drug-likeness (QED) is 0.570. The van der Waals surface area contributed by atoms with Crippen molar-refractivity contribution < 1.29 is 17.6 Å². The summed E-state index contributed by atoms with van der Waals surface area (Å²) in [5, 5.41) is 2.87. The Morgan fingerprint density at radius 1 is 1.00 bits per heavy atom. The third-order valence-electron chi connectivity index (χ3n) is 5.22. The van der Waals surface area contributed by atoms with Gasteiger partial charge in [0.05, 0.1) is 4.90 Å². The maximum Gasteiger partial charge on any atom is 0.261 e. The molecule has 1 amide bonds. The predicted molar refractivity (Wildman–Crippen MR) is 121 cm³/mol. The molecule has 1 aliphatic rings. The van der Waals surface area contributed by atoms with E-state index in [9.17, 15) is 17.6 Å². The number of nitrogens with zero attached hydrogens (tertiary/aromatic N) is 2. The lowest BCUT2D eigenvalue weighted by molar-refractivity contribution is 0.0951. The van der Waals surface area contributed by atoms with E-state index >= 15 is 0 Å². The lowest BCUT2D eigenvalue weighted by atomic mass is 10.2. The van der Waals surface area contributed by atoms with E-state index in [0.717, 1.165) is 36.6 Å². The fourth-order valence-electron chi connectivity index (χ4n) is 3.49. The number of carbonyl (C=O) groups excluding carboxylic acids is 1. The standard InChI is InChI=1S/C23H23FN4O3S/c24-19-5-9-21(10-6-19)32(30,31)27-20-7-3-18(4-8-20)23(29)26-16-17-11-12-25-22(15-17)28-13-1-2-14-28/h3-12,15,27H,1-2,13-14,16H2,(H,26,29). The second-order valence-electron chi connectivity index (χ2n) is 7.54. The Kier molecular flexibility index (Phi) is 6.36. The van der Waals surface area contributed by atoms with Crippen LogP contribution >= 0.6 is 0 Å². The highest BCUT2D eigenvalue weighted by Crippen LogP contribution is 2.19. The van der Waals surface area contributed by atoms with Crippen molar-refractivity contribution in [1.82, 2.24) is 10.3 Å². The first kappa shape index (κ1) is 21.8. The first-order valence-corrected chi connectivity index (χ1v) is 11.8. The molecule has 2 aromatic carbocycles. The SMILES string of the molecule is O=C(NCc1ccnc(N2CCCC2)c1)c1ccc(NS(=O)(=O)c2ccc(F)cc2)cc1. The van der Waals surface area contributed by atoms with Crippen LogP contribution in [0.25, 0.3) is 0 Å². The molecule has 0 atom stereocenters. The molecule has 2 heterocycles. The molecule has 1 fully saturated rings. The second kappa shape index (κ2) is 9.35. The van der Waals surface area contributed by atoms with Gasteiger partial charge in [-0.2, -0.15) is 0 Å². The minimum absolute atomic E-state index is 0.0497. The van der Waals surface area contributed by atoms with Crippen LogP contribution in [0.4, 0.5) is 15.9 Å². The molecule has 0 radical (unpaired) electrons. The normalized spacial score (nSPS) is 13.7. The number of rotatable bonds is 7. The predicted octanol–water partition coefficient (Wildman–Crippen LogP) is 3.55. The number of anilines is 2. The molecule has 0 bridgehead atoms. The smallest absolute Gasteiger partial charge is 0.261 e. The molecule has 2 N–H and O–H groups in total. The third kappa shape index (κ3) is 5.23. The highest BCUT2D eigenvalue weighted by molar-refractivity contribution is 7.92. The van der Waals surface area contributed by atoms with E-state index in [1.807, 2.05) is 12.1 Å². The van der Waals surface area contributed by atoms with Crippen molar-refractivity contribution in [3.63, 3.8) is 0 Å². The summed E-state index contributed by atoms with van der Waals surface area (Å²) in [6.07, 6.45) is 4.08. The average Bonchev–Trinajstić information content (AvgIpc) is 3.33. The molecule has 0 saturated carbocycles. The molecular weight excluding hydrogens is 431 g/mol. The third-order valence-corrected chi connectivity index (χ3v) is 6.61. The molecule has 3 aromatic rings. The van der Waals surface area contributed by atoms with Gasteiger partial charge in [-0.3, -0.25) is 9.52 Å². The van der Waals surface area contributed by atoms with Gasteiger partial charge in [-0.05, 0) is 79.1 Å². The van der Waals surface area contributed by atoms with E-state index < -0.39 is 15.8 Å².